The summed E-state index contributed by atoms with van der Waals surface area (Å²) in [5.74, 6) is 1.66. The van der Waals surface area contributed by atoms with E-state index in [2.05, 4.69) is 37.9 Å². The van der Waals surface area contributed by atoms with Crippen LogP contribution in [0.4, 0.5) is 0 Å². The highest BCUT2D eigenvalue weighted by molar-refractivity contribution is 5.26. The first kappa shape index (κ1) is 14.4. The third-order valence-electron chi connectivity index (χ3n) is 4.10. The lowest BCUT2D eigenvalue weighted by molar-refractivity contribution is 0.240. The number of nitrogens with zero attached hydrogens (tertiary/aromatic N) is 1. The van der Waals surface area contributed by atoms with Gasteiger partial charge in [-0.3, -0.25) is 0 Å². The molecule has 0 N–H and O–H groups in total. The second-order valence-corrected chi connectivity index (χ2v) is 6.77. The fraction of sp³-hybridized carbons (Fsp3) is 0.706. The van der Waals surface area contributed by atoms with E-state index in [9.17, 15) is 0 Å². The van der Waals surface area contributed by atoms with Crippen molar-refractivity contribution in [2.24, 2.45) is 5.92 Å². The lowest BCUT2D eigenvalue weighted by Crippen LogP contribution is -2.13. The van der Waals surface area contributed by atoms with Gasteiger partial charge in [0.2, 0.25) is 5.88 Å². The average Bonchev–Trinajstić information content (AvgIpc) is 2.39. The molecule has 0 atom stereocenters. The fourth-order valence-corrected chi connectivity index (χ4v) is 2.76. The predicted octanol–water partition coefficient (Wildman–Crippen LogP) is 4.73. The first-order chi connectivity index (χ1) is 9.05. The zero-order valence-corrected chi connectivity index (χ0v) is 12.6. The normalized spacial score (nSPS) is 17.4. The van der Waals surface area contributed by atoms with Crippen LogP contribution in [0.25, 0.3) is 0 Å². The van der Waals surface area contributed by atoms with Gasteiger partial charge >= 0.3 is 0 Å². The molecular formula is C17H27NO. The Morgan fingerprint density at radius 1 is 1.21 bits per heavy atom. The molecular weight excluding hydrogens is 234 g/mol. The number of aromatic nitrogens is 1. The van der Waals surface area contributed by atoms with Crippen LogP contribution in [0.1, 0.15) is 64.9 Å². The van der Waals surface area contributed by atoms with Gasteiger partial charge in [-0.25, -0.2) is 4.98 Å². The number of hydrogen-bond donors (Lipinski definition) is 0. The monoisotopic (exact) mass is 261 g/mol. The number of ether oxygens (including phenoxy) is 1. The molecule has 19 heavy (non-hydrogen) atoms. The molecule has 0 bridgehead atoms. The molecule has 1 aromatic rings. The van der Waals surface area contributed by atoms with Crippen molar-refractivity contribution in [3.05, 3.63) is 23.9 Å². The molecule has 2 nitrogen and oxygen atoms in total. The topological polar surface area (TPSA) is 22.1 Å². The average molecular weight is 261 g/mol. The maximum atomic E-state index is 5.83. The maximum absolute atomic E-state index is 5.83. The van der Waals surface area contributed by atoms with Gasteiger partial charge in [-0.05, 0) is 29.4 Å². The van der Waals surface area contributed by atoms with E-state index in [0.717, 1.165) is 18.4 Å². The van der Waals surface area contributed by atoms with Crippen LogP contribution in [0.2, 0.25) is 0 Å². The molecule has 1 fully saturated rings. The van der Waals surface area contributed by atoms with Gasteiger partial charge < -0.3 is 4.74 Å². The molecule has 1 saturated carbocycles. The van der Waals surface area contributed by atoms with Gasteiger partial charge in [-0.15, -0.1) is 0 Å². The molecule has 1 aliphatic carbocycles. The van der Waals surface area contributed by atoms with Crippen molar-refractivity contribution < 1.29 is 4.74 Å². The number of rotatable bonds is 4. The van der Waals surface area contributed by atoms with Crippen molar-refractivity contribution in [2.45, 2.75) is 64.7 Å². The summed E-state index contributed by atoms with van der Waals surface area (Å²) in [5, 5.41) is 0. The van der Waals surface area contributed by atoms with E-state index >= 15 is 0 Å². The van der Waals surface area contributed by atoms with Crippen LogP contribution in [0.5, 0.6) is 5.88 Å². The summed E-state index contributed by atoms with van der Waals surface area (Å²) in [6, 6.07) is 4.16. The molecule has 0 radical (unpaired) electrons. The Labute approximate surface area is 117 Å². The highest BCUT2D eigenvalue weighted by Crippen LogP contribution is 2.27. The van der Waals surface area contributed by atoms with Crippen LogP contribution < -0.4 is 4.74 Å². The zero-order chi connectivity index (χ0) is 13.7. The molecule has 2 heteroatoms. The van der Waals surface area contributed by atoms with E-state index in [1.54, 1.807) is 0 Å². The van der Waals surface area contributed by atoms with Crippen LogP contribution in [0.3, 0.4) is 0 Å². The number of hydrogen-bond acceptors (Lipinski definition) is 2. The van der Waals surface area contributed by atoms with E-state index in [-0.39, 0.29) is 5.41 Å². The van der Waals surface area contributed by atoms with E-state index in [1.165, 1.54) is 44.1 Å². The van der Waals surface area contributed by atoms with Crippen LogP contribution in [0, 0.1) is 5.92 Å². The molecule has 0 aromatic carbocycles. The van der Waals surface area contributed by atoms with Crippen molar-refractivity contribution in [1.82, 2.24) is 4.98 Å². The Balaban J connectivity index is 1.82. The SMILES string of the molecule is CC(C)(C)c1ccnc(OCCC2CCCCC2)c1. The van der Waals surface area contributed by atoms with Crippen molar-refractivity contribution in [2.75, 3.05) is 6.61 Å². The van der Waals surface area contributed by atoms with E-state index < -0.39 is 0 Å². The second kappa shape index (κ2) is 6.40. The lowest BCUT2D eigenvalue weighted by atomic mass is 9.87. The van der Waals surface area contributed by atoms with Crippen molar-refractivity contribution in [1.29, 1.82) is 0 Å². The van der Waals surface area contributed by atoms with Crippen molar-refractivity contribution in [3.8, 4) is 5.88 Å². The van der Waals surface area contributed by atoms with Gasteiger partial charge in [0.15, 0.2) is 0 Å². The lowest BCUT2D eigenvalue weighted by Gasteiger charge is -2.22. The Bertz CT molecular complexity index is 388. The third-order valence-corrected chi connectivity index (χ3v) is 4.10. The summed E-state index contributed by atoms with van der Waals surface area (Å²) in [6.45, 7) is 7.46. The molecule has 0 saturated heterocycles. The number of pyridine rings is 1. The Kier molecular flexibility index (Phi) is 4.84. The van der Waals surface area contributed by atoms with Gasteiger partial charge in [-0.2, -0.15) is 0 Å². The van der Waals surface area contributed by atoms with Crippen LogP contribution in [-0.2, 0) is 5.41 Å². The quantitative estimate of drug-likeness (QED) is 0.781. The van der Waals surface area contributed by atoms with E-state index in [4.69, 9.17) is 4.74 Å². The van der Waals surface area contributed by atoms with Crippen LogP contribution in [-0.4, -0.2) is 11.6 Å². The molecule has 0 spiro atoms. The molecule has 0 amide bonds. The third kappa shape index (κ3) is 4.52. The summed E-state index contributed by atoms with van der Waals surface area (Å²) in [4.78, 5) is 4.31. The first-order valence-electron chi connectivity index (χ1n) is 7.65. The first-order valence-corrected chi connectivity index (χ1v) is 7.65. The van der Waals surface area contributed by atoms with E-state index in [1.807, 2.05) is 6.20 Å². The Morgan fingerprint density at radius 3 is 2.63 bits per heavy atom. The molecule has 106 valence electrons. The van der Waals surface area contributed by atoms with E-state index in [0.29, 0.717) is 0 Å². The van der Waals surface area contributed by atoms with Crippen molar-refractivity contribution in [3.63, 3.8) is 0 Å². The highest BCUT2D eigenvalue weighted by Gasteiger charge is 2.15. The molecule has 0 aliphatic heterocycles. The van der Waals surface area contributed by atoms with Gasteiger partial charge in [0.1, 0.15) is 0 Å². The minimum absolute atomic E-state index is 0.157. The van der Waals surface area contributed by atoms with Crippen LogP contribution >= 0.6 is 0 Å². The molecule has 2 rings (SSSR count). The molecule has 1 heterocycles. The predicted molar refractivity (Wildman–Crippen MR) is 79.6 cm³/mol. The summed E-state index contributed by atoms with van der Waals surface area (Å²) >= 11 is 0. The fourth-order valence-electron chi connectivity index (χ4n) is 2.76. The minimum atomic E-state index is 0.157. The Hall–Kier alpha value is -1.05. The standard InChI is InChI=1S/C17H27NO/c1-17(2,3)15-9-11-18-16(13-15)19-12-10-14-7-5-4-6-8-14/h9,11,13-14H,4-8,10,12H2,1-3H3. The van der Waals surface area contributed by atoms with Crippen molar-refractivity contribution >= 4 is 0 Å². The van der Waals surface area contributed by atoms with Gasteiger partial charge in [0.05, 0.1) is 6.61 Å². The maximum Gasteiger partial charge on any atom is 0.213 e. The molecule has 1 aromatic heterocycles. The van der Waals surface area contributed by atoms with Crippen LogP contribution in [0.15, 0.2) is 18.3 Å². The van der Waals surface area contributed by atoms with Gasteiger partial charge in [-0.1, -0.05) is 52.9 Å². The van der Waals surface area contributed by atoms with Gasteiger partial charge in [0.25, 0.3) is 0 Å². The summed E-state index contributed by atoms with van der Waals surface area (Å²) < 4.78 is 5.83. The highest BCUT2D eigenvalue weighted by atomic mass is 16.5. The molecule has 0 unspecified atom stereocenters. The minimum Gasteiger partial charge on any atom is -0.478 e. The summed E-state index contributed by atoms with van der Waals surface area (Å²) in [7, 11) is 0. The smallest absolute Gasteiger partial charge is 0.213 e. The zero-order valence-electron chi connectivity index (χ0n) is 12.6. The Morgan fingerprint density at radius 2 is 1.95 bits per heavy atom. The summed E-state index contributed by atoms with van der Waals surface area (Å²) in [6.07, 6.45) is 10.0. The molecule has 1 aliphatic rings. The summed E-state index contributed by atoms with van der Waals surface area (Å²) in [5.41, 5.74) is 1.44. The second-order valence-electron chi connectivity index (χ2n) is 6.77. The van der Waals surface area contributed by atoms with Gasteiger partial charge in [0, 0.05) is 12.3 Å². The largest absolute Gasteiger partial charge is 0.478 e.